The number of halogens is 2. The van der Waals surface area contributed by atoms with Gasteiger partial charge in [0, 0.05) is 6.20 Å². The molecule has 6 nitrogen and oxygen atoms in total. The highest BCUT2D eigenvalue weighted by molar-refractivity contribution is 5.55. The zero-order valence-corrected chi connectivity index (χ0v) is 8.68. The number of aromatic nitrogens is 1. The first-order valence-electron chi connectivity index (χ1n) is 4.38. The van der Waals surface area contributed by atoms with Crippen LogP contribution in [0.5, 0.6) is 5.75 Å². The highest BCUT2D eigenvalue weighted by atomic mass is 19.3. The van der Waals surface area contributed by atoms with Crippen molar-refractivity contribution in [3.05, 3.63) is 27.6 Å². The standard InChI is InChI=1S/C9H7F2N3O3/c1-17-8-6(2-3-12)13-4-5(9(10)11)7(8)14(15)16/h4,9H,2H2,1H3. The molecule has 1 rings (SSSR count). The summed E-state index contributed by atoms with van der Waals surface area (Å²) in [6.07, 6.45) is -2.60. The van der Waals surface area contributed by atoms with Gasteiger partial charge in [-0.15, -0.1) is 0 Å². The van der Waals surface area contributed by atoms with E-state index in [4.69, 9.17) is 10.00 Å². The van der Waals surface area contributed by atoms with Gasteiger partial charge in [-0.05, 0) is 0 Å². The lowest BCUT2D eigenvalue weighted by Crippen LogP contribution is -2.04. The van der Waals surface area contributed by atoms with Crippen LogP contribution in [0.4, 0.5) is 14.5 Å². The van der Waals surface area contributed by atoms with Crippen LogP contribution < -0.4 is 4.74 Å². The van der Waals surface area contributed by atoms with Gasteiger partial charge >= 0.3 is 5.69 Å². The molecule has 17 heavy (non-hydrogen) atoms. The summed E-state index contributed by atoms with van der Waals surface area (Å²) in [4.78, 5) is 13.3. The van der Waals surface area contributed by atoms with Crippen LogP contribution in [0, 0.1) is 21.4 Å². The molecule has 0 aliphatic heterocycles. The van der Waals surface area contributed by atoms with Gasteiger partial charge in [0.05, 0.1) is 24.5 Å². The number of ether oxygens (including phenoxy) is 1. The summed E-state index contributed by atoms with van der Waals surface area (Å²) >= 11 is 0. The Morgan fingerprint density at radius 1 is 1.71 bits per heavy atom. The first kappa shape index (κ1) is 12.8. The highest BCUT2D eigenvalue weighted by Crippen LogP contribution is 2.37. The molecule has 0 N–H and O–H groups in total. The maximum absolute atomic E-state index is 12.6. The second-order valence-corrected chi connectivity index (χ2v) is 2.93. The summed E-state index contributed by atoms with van der Waals surface area (Å²) in [6.45, 7) is 0. The molecule has 0 saturated heterocycles. The topological polar surface area (TPSA) is 89.0 Å². The Kier molecular flexibility index (Phi) is 3.87. The number of hydrogen-bond acceptors (Lipinski definition) is 5. The van der Waals surface area contributed by atoms with Crippen LogP contribution in [0.2, 0.25) is 0 Å². The number of rotatable bonds is 4. The van der Waals surface area contributed by atoms with Crippen molar-refractivity contribution in [2.75, 3.05) is 7.11 Å². The molecule has 0 aliphatic carbocycles. The van der Waals surface area contributed by atoms with Crippen LogP contribution in [0.15, 0.2) is 6.20 Å². The molecule has 1 aromatic heterocycles. The Bertz CT molecular complexity index is 485. The Morgan fingerprint density at radius 2 is 2.35 bits per heavy atom. The van der Waals surface area contributed by atoms with Crippen LogP contribution in [0.25, 0.3) is 0 Å². The molecule has 0 atom stereocenters. The van der Waals surface area contributed by atoms with Crippen LogP contribution in [0.3, 0.4) is 0 Å². The number of nitriles is 1. The second kappa shape index (κ2) is 5.16. The number of pyridine rings is 1. The van der Waals surface area contributed by atoms with Gasteiger partial charge in [-0.1, -0.05) is 0 Å². The van der Waals surface area contributed by atoms with E-state index in [9.17, 15) is 18.9 Å². The predicted molar refractivity (Wildman–Crippen MR) is 51.7 cm³/mol. The molecule has 1 heterocycles. The van der Waals surface area contributed by atoms with Gasteiger partial charge in [-0.25, -0.2) is 8.78 Å². The first-order valence-corrected chi connectivity index (χ1v) is 4.38. The molecule has 0 amide bonds. The number of hydrogen-bond donors (Lipinski definition) is 0. The molecular weight excluding hydrogens is 236 g/mol. The van der Waals surface area contributed by atoms with E-state index in [1.807, 2.05) is 0 Å². The molecule has 0 radical (unpaired) electrons. The number of nitro groups is 1. The molecule has 0 aliphatic rings. The highest BCUT2D eigenvalue weighted by Gasteiger charge is 2.29. The average Bonchev–Trinajstić information content (AvgIpc) is 2.28. The Balaban J connectivity index is 3.50. The van der Waals surface area contributed by atoms with Gasteiger partial charge in [-0.2, -0.15) is 5.26 Å². The Morgan fingerprint density at radius 3 is 2.76 bits per heavy atom. The van der Waals surface area contributed by atoms with E-state index in [1.54, 1.807) is 6.07 Å². The number of methoxy groups -OCH3 is 1. The molecule has 0 bridgehead atoms. The summed E-state index contributed by atoms with van der Waals surface area (Å²) in [7, 11) is 1.10. The fraction of sp³-hybridized carbons (Fsp3) is 0.333. The molecule has 0 unspecified atom stereocenters. The third-order valence-corrected chi connectivity index (χ3v) is 1.98. The number of alkyl halides is 2. The third-order valence-electron chi connectivity index (χ3n) is 1.98. The molecule has 0 fully saturated rings. The largest absolute Gasteiger partial charge is 0.489 e. The fourth-order valence-electron chi connectivity index (χ4n) is 1.30. The van der Waals surface area contributed by atoms with Gasteiger partial charge in [0.1, 0.15) is 11.3 Å². The maximum Gasteiger partial charge on any atom is 0.323 e. The van der Waals surface area contributed by atoms with E-state index in [1.165, 1.54) is 0 Å². The van der Waals surface area contributed by atoms with E-state index >= 15 is 0 Å². The van der Waals surface area contributed by atoms with Crippen molar-refractivity contribution in [3.8, 4) is 11.8 Å². The van der Waals surface area contributed by atoms with Crippen LogP contribution in [-0.2, 0) is 6.42 Å². The molecule has 90 valence electrons. The van der Waals surface area contributed by atoms with Crippen molar-refractivity contribution < 1.29 is 18.4 Å². The minimum absolute atomic E-state index is 0.0360. The first-order chi connectivity index (χ1) is 8.02. The van der Waals surface area contributed by atoms with Crippen molar-refractivity contribution >= 4 is 5.69 Å². The zero-order valence-electron chi connectivity index (χ0n) is 8.68. The molecule has 8 heteroatoms. The smallest absolute Gasteiger partial charge is 0.323 e. The van der Waals surface area contributed by atoms with E-state index in [-0.39, 0.29) is 12.1 Å². The summed E-state index contributed by atoms with van der Waals surface area (Å²) in [5.41, 5.74) is -1.71. The van der Waals surface area contributed by atoms with Crippen molar-refractivity contribution in [2.45, 2.75) is 12.8 Å². The minimum atomic E-state index is -3.03. The summed E-state index contributed by atoms with van der Waals surface area (Å²) in [5.74, 6) is -0.394. The SMILES string of the molecule is COc1c(CC#N)ncc(C(F)F)c1[N+](=O)[O-]. The summed E-state index contributed by atoms with van der Waals surface area (Å²) < 4.78 is 29.8. The molecule has 0 saturated carbocycles. The lowest BCUT2D eigenvalue weighted by atomic mass is 10.1. The van der Waals surface area contributed by atoms with E-state index in [0.29, 0.717) is 6.20 Å². The molecule has 0 aromatic carbocycles. The molecule has 1 aromatic rings. The van der Waals surface area contributed by atoms with Crippen molar-refractivity contribution in [2.24, 2.45) is 0 Å². The molecule has 0 spiro atoms. The monoisotopic (exact) mass is 243 g/mol. The average molecular weight is 243 g/mol. The van der Waals surface area contributed by atoms with Crippen molar-refractivity contribution in [1.29, 1.82) is 5.26 Å². The predicted octanol–water partition coefficient (Wildman–Crippen LogP) is 2.00. The van der Waals surface area contributed by atoms with Crippen LogP contribution >= 0.6 is 0 Å². The lowest BCUT2D eigenvalue weighted by molar-refractivity contribution is -0.387. The van der Waals surface area contributed by atoms with Crippen molar-refractivity contribution in [1.82, 2.24) is 4.98 Å². The Hall–Kier alpha value is -2.30. The number of nitrogens with zero attached hydrogens (tertiary/aromatic N) is 3. The summed E-state index contributed by atoms with van der Waals surface area (Å²) in [6, 6.07) is 1.72. The van der Waals surface area contributed by atoms with E-state index in [2.05, 4.69) is 4.98 Å². The van der Waals surface area contributed by atoms with E-state index < -0.39 is 28.3 Å². The normalized spacial score (nSPS) is 10.1. The fourth-order valence-corrected chi connectivity index (χ4v) is 1.30. The maximum atomic E-state index is 12.6. The van der Waals surface area contributed by atoms with Crippen molar-refractivity contribution in [3.63, 3.8) is 0 Å². The second-order valence-electron chi connectivity index (χ2n) is 2.93. The quantitative estimate of drug-likeness (QED) is 0.596. The minimum Gasteiger partial charge on any atom is -0.489 e. The van der Waals surface area contributed by atoms with Gasteiger partial charge < -0.3 is 4.74 Å². The van der Waals surface area contributed by atoms with E-state index in [0.717, 1.165) is 7.11 Å². The summed E-state index contributed by atoms with van der Waals surface area (Å²) in [5, 5.41) is 19.2. The van der Waals surface area contributed by atoms with Gasteiger partial charge in [-0.3, -0.25) is 15.1 Å². The third kappa shape index (κ3) is 2.44. The van der Waals surface area contributed by atoms with Crippen LogP contribution in [-0.4, -0.2) is 17.0 Å². The lowest BCUT2D eigenvalue weighted by Gasteiger charge is -2.08. The molecular formula is C9H7F2N3O3. The van der Waals surface area contributed by atoms with Gasteiger partial charge in [0.15, 0.2) is 0 Å². The van der Waals surface area contributed by atoms with Crippen LogP contribution in [0.1, 0.15) is 17.7 Å². The Labute approximate surface area is 94.6 Å². The van der Waals surface area contributed by atoms with Gasteiger partial charge in [0.25, 0.3) is 6.43 Å². The zero-order chi connectivity index (χ0) is 13.0. The van der Waals surface area contributed by atoms with Gasteiger partial charge in [0.2, 0.25) is 5.75 Å².